The summed E-state index contributed by atoms with van der Waals surface area (Å²) in [7, 11) is 0. The molecular weight excluding hydrogens is 382 g/mol. The minimum atomic E-state index is -0.835. The van der Waals surface area contributed by atoms with E-state index >= 15 is 0 Å². The summed E-state index contributed by atoms with van der Waals surface area (Å²) in [5.41, 5.74) is -0.387. The molecule has 7 nitrogen and oxygen atoms in total. The fourth-order valence-electron chi connectivity index (χ4n) is 2.68. The Balaban J connectivity index is 2.36. The summed E-state index contributed by atoms with van der Waals surface area (Å²) in [5, 5.41) is 3.57. The lowest BCUT2D eigenvalue weighted by Gasteiger charge is -2.31. The molecule has 1 heterocycles. The summed E-state index contributed by atoms with van der Waals surface area (Å²) in [6.45, 7) is 13.9. The molecule has 2 rings (SSSR count). The second kappa shape index (κ2) is 8.57. The lowest BCUT2D eigenvalue weighted by Crippen LogP contribution is -2.44. The molecule has 0 bridgehead atoms. The van der Waals surface area contributed by atoms with Gasteiger partial charge in [-0.15, -0.1) is 0 Å². The third kappa shape index (κ3) is 6.27. The van der Waals surface area contributed by atoms with Crippen molar-refractivity contribution in [1.82, 2.24) is 5.32 Å². The van der Waals surface area contributed by atoms with Crippen molar-refractivity contribution in [3.63, 3.8) is 0 Å². The quantitative estimate of drug-likeness (QED) is 0.776. The Morgan fingerprint density at radius 3 is 1.93 bits per heavy atom. The van der Waals surface area contributed by atoms with Crippen molar-refractivity contribution < 1.29 is 19.1 Å². The average Bonchev–Trinajstić information content (AvgIpc) is 2.54. The highest BCUT2D eigenvalue weighted by molar-refractivity contribution is 6.35. The van der Waals surface area contributed by atoms with Gasteiger partial charge in [0, 0.05) is 31.9 Å². The van der Waals surface area contributed by atoms with Gasteiger partial charge in [-0.25, -0.2) is 9.59 Å². The van der Waals surface area contributed by atoms with Crippen LogP contribution in [0.3, 0.4) is 0 Å². The number of benzene rings is 1. The number of amides is 2. The van der Waals surface area contributed by atoms with Gasteiger partial charge in [0.1, 0.15) is 11.2 Å². The van der Waals surface area contributed by atoms with Crippen molar-refractivity contribution in [3.05, 3.63) is 23.2 Å². The normalized spacial score (nSPS) is 15.2. The Hall–Kier alpha value is -1.99. The zero-order valence-corrected chi connectivity index (χ0v) is 18.2. The van der Waals surface area contributed by atoms with Crippen LogP contribution in [-0.4, -0.2) is 49.6 Å². The summed E-state index contributed by atoms with van der Waals surface area (Å²) < 4.78 is 10.8. The first-order valence-electron chi connectivity index (χ1n) is 9.39. The standard InChI is InChI=1S/C20H30ClN3O4/c1-19(2,3)27-17(25)24(18(26)28-20(4,5)6)16-8-7-14(13-15(16)21)23-11-9-22-10-12-23/h7-8,13,22H,9-12H2,1-6H3. The molecule has 1 aliphatic heterocycles. The second-order valence-electron chi connectivity index (χ2n) is 8.67. The predicted molar refractivity (Wildman–Crippen MR) is 111 cm³/mol. The van der Waals surface area contributed by atoms with E-state index in [1.165, 1.54) is 0 Å². The molecule has 1 N–H and O–H groups in total. The van der Waals surface area contributed by atoms with Gasteiger partial charge in [0.15, 0.2) is 0 Å². The van der Waals surface area contributed by atoms with E-state index in [1.807, 2.05) is 6.07 Å². The molecule has 28 heavy (non-hydrogen) atoms. The summed E-state index contributed by atoms with van der Waals surface area (Å²) in [5.74, 6) is 0. The Morgan fingerprint density at radius 1 is 1.00 bits per heavy atom. The molecule has 0 aliphatic carbocycles. The van der Waals surface area contributed by atoms with Crippen LogP contribution < -0.4 is 15.1 Å². The minimum absolute atomic E-state index is 0.226. The van der Waals surface area contributed by atoms with Crippen LogP contribution in [0.5, 0.6) is 0 Å². The molecule has 1 fully saturated rings. The van der Waals surface area contributed by atoms with E-state index in [2.05, 4.69) is 10.2 Å². The van der Waals surface area contributed by atoms with Crippen LogP contribution in [0.4, 0.5) is 21.0 Å². The smallest absolute Gasteiger partial charge is 0.424 e. The number of hydrogen-bond donors (Lipinski definition) is 1. The molecule has 1 aromatic rings. The van der Waals surface area contributed by atoms with E-state index in [1.54, 1.807) is 53.7 Å². The number of imide groups is 1. The van der Waals surface area contributed by atoms with Crippen LogP contribution in [0, 0.1) is 0 Å². The van der Waals surface area contributed by atoms with Crippen LogP contribution >= 0.6 is 11.6 Å². The maximum absolute atomic E-state index is 12.8. The summed E-state index contributed by atoms with van der Waals surface area (Å²) in [6.07, 6.45) is -1.67. The number of anilines is 2. The van der Waals surface area contributed by atoms with Gasteiger partial charge in [-0.3, -0.25) is 0 Å². The molecule has 0 spiro atoms. The maximum Gasteiger partial charge on any atom is 0.424 e. The number of rotatable bonds is 2. The van der Waals surface area contributed by atoms with Crippen molar-refractivity contribution >= 4 is 35.2 Å². The molecule has 2 amide bonds. The van der Waals surface area contributed by atoms with Crippen LogP contribution in [0.2, 0.25) is 5.02 Å². The lowest BCUT2D eigenvalue weighted by molar-refractivity contribution is 0.0431. The second-order valence-corrected chi connectivity index (χ2v) is 9.08. The van der Waals surface area contributed by atoms with E-state index in [0.29, 0.717) is 0 Å². The zero-order chi connectivity index (χ0) is 21.1. The topological polar surface area (TPSA) is 71.1 Å². The van der Waals surface area contributed by atoms with Gasteiger partial charge in [0.2, 0.25) is 0 Å². The number of hydrogen-bond acceptors (Lipinski definition) is 6. The zero-order valence-electron chi connectivity index (χ0n) is 17.5. The van der Waals surface area contributed by atoms with Gasteiger partial charge >= 0.3 is 12.2 Å². The first-order valence-corrected chi connectivity index (χ1v) is 9.76. The molecule has 8 heteroatoms. The fraction of sp³-hybridized carbons (Fsp3) is 0.600. The largest absolute Gasteiger partial charge is 0.443 e. The molecule has 156 valence electrons. The molecule has 0 saturated carbocycles. The Kier molecular flexibility index (Phi) is 6.83. The van der Waals surface area contributed by atoms with E-state index in [-0.39, 0.29) is 10.7 Å². The van der Waals surface area contributed by atoms with Crippen LogP contribution in [-0.2, 0) is 9.47 Å². The molecule has 0 aromatic heterocycles. The van der Waals surface area contributed by atoms with Gasteiger partial charge in [0.05, 0.1) is 10.7 Å². The highest BCUT2D eigenvalue weighted by Crippen LogP contribution is 2.32. The predicted octanol–water partition coefficient (Wildman–Crippen LogP) is 4.43. The molecule has 0 unspecified atom stereocenters. The monoisotopic (exact) mass is 411 g/mol. The number of nitrogens with one attached hydrogen (secondary N) is 1. The number of piperazine rings is 1. The van der Waals surface area contributed by atoms with Gasteiger partial charge in [-0.1, -0.05) is 11.6 Å². The minimum Gasteiger partial charge on any atom is -0.443 e. The first-order chi connectivity index (χ1) is 12.9. The Bertz CT molecular complexity index is 691. The summed E-state index contributed by atoms with van der Waals surface area (Å²) >= 11 is 6.47. The number of halogens is 1. The molecule has 1 saturated heterocycles. The molecule has 0 atom stereocenters. The third-order valence-corrected chi connectivity index (χ3v) is 4.11. The van der Waals surface area contributed by atoms with Gasteiger partial charge in [-0.2, -0.15) is 4.90 Å². The lowest BCUT2D eigenvalue weighted by atomic mass is 10.2. The summed E-state index contributed by atoms with van der Waals surface area (Å²) in [4.78, 5) is 28.5. The number of carbonyl (C=O) groups excluding carboxylic acids is 2. The van der Waals surface area contributed by atoms with Gasteiger partial charge in [0.25, 0.3) is 0 Å². The van der Waals surface area contributed by atoms with E-state index in [9.17, 15) is 9.59 Å². The average molecular weight is 412 g/mol. The number of carbonyl (C=O) groups is 2. The number of nitrogens with zero attached hydrogens (tertiary/aromatic N) is 2. The molecule has 1 aliphatic rings. The molecule has 1 aromatic carbocycles. The van der Waals surface area contributed by atoms with Crippen molar-refractivity contribution in [2.75, 3.05) is 36.0 Å². The molecular formula is C20H30ClN3O4. The van der Waals surface area contributed by atoms with Gasteiger partial charge in [-0.05, 0) is 59.7 Å². The fourth-order valence-corrected chi connectivity index (χ4v) is 2.94. The Labute approximate surface area is 171 Å². The van der Waals surface area contributed by atoms with Crippen molar-refractivity contribution in [3.8, 4) is 0 Å². The Morgan fingerprint density at radius 2 is 1.50 bits per heavy atom. The summed E-state index contributed by atoms with van der Waals surface area (Å²) in [6, 6.07) is 5.24. The highest BCUT2D eigenvalue weighted by Gasteiger charge is 2.34. The highest BCUT2D eigenvalue weighted by atomic mass is 35.5. The third-order valence-electron chi connectivity index (χ3n) is 3.81. The van der Waals surface area contributed by atoms with E-state index in [0.717, 1.165) is 36.8 Å². The number of ether oxygens (including phenoxy) is 2. The maximum atomic E-state index is 12.8. The first kappa shape index (κ1) is 22.3. The van der Waals surface area contributed by atoms with Crippen molar-refractivity contribution in [1.29, 1.82) is 0 Å². The molecule has 0 radical (unpaired) electrons. The van der Waals surface area contributed by atoms with Gasteiger partial charge < -0.3 is 19.7 Å². The van der Waals surface area contributed by atoms with E-state index < -0.39 is 23.4 Å². The SMILES string of the molecule is CC(C)(C)OC(=O)N(C(=O)OC(C)(C)C)c1ccc(N2CCNCC2)cc1Cl. The van der Waals surface area contributed by atoms with Crippen LogP contribution in [0.15, 0.2) is 18.2 Å². The van der Waals surface area contributed by atoms with Crippen LogP contribution in [0.25, 0.3) is 0 Å². The van der Waals surface area contributed by atoms with Crippen LogP contribution in [0.1, 0.15) is 41.5 Å². The van der Waals surface area contributed by atoms with Crippen molar-refractivity contribution in [2.24, 2.45) is 0 Å². The van der Waals surface area contributed by atoms with E-state index in [4.69, 9.17) is 21.1 Å². The van der Waals surface area contributed by atoms with Crippen molar-refractivity contribution in [2.45, 2.75) is 52.7 Å².